The number of hydrogen-bond donors (Lipinski definition) is 0. The largest absolute Gasteiger partial charge is 0.303 e. The molecular formula is C23H22ClN5O. The van der Waals surface area contributed by atoms with E-state index in [1.807, 2.05) is 48.5 Å². The van der Waals surface area contributed by atoms with E-state index in [1.165, 1.54) is 12.8 Å². The average Bonchev–Trinajstić information content (AvgIpc) is 3.22. The summed E-state index contributed by atoms with van der Waals surface area (Å²) in [5.74, 6) is 0.541. The zero-order valence-electron chi connectivity index (χ0n) is 16.6. The molecule has 0 saturated carbocycles. The van der Waals surface area contributed by atoms with Crippen LogP contribution in [0, 0.1) is 0 Å². The molecule has 2 aliphatic heterocycles. The Hall–Kier alpha value is -2.83. The van der Waals surface area contributed by atoms with Gasteiger partial charge < -0.3 is 4.90 Å². The lowest BCUT2D eigenvalue weighted by Crippen LogP contribution is -2.31. The predicted octanol–water partition coefficient (Wildman–Crippen LogP) is 3.27. The van der Waals surface area contributed by atoms with Crippen LogP contribution in [0.5, 0.6) is 0 Å². The highest BCUT2D eigenvalue weighted by atomic mass is 35.5. The van der Waals surface area contributed by atoms with Crippen molar-refractivity contribution < 1.29 is 0 Å². The first-order valence-corrected chi connectivity index (χ1v) is 10.7. The molecule has 0 N–H and O–H groups in total. The summed E-state index contributed by atoms with van der Waals surface area (Å²) in [5, 5.41) is 9.29. The van der Waals surface area contributed by atoms with E-state index in [0.29, 0.717) is 23.0 Å². The molecule has 2 aliphatic rings. The van der Waals surface area contributed by atoms with E-state index in [1.54, 1.807) is 4.57 Å². The molecule has 0 aliphatic carbocycles. The van der Waals surface area contributed by atoms with E-state index in [0.717, 1.165) is 42.2 Å². The Morgan fingerprint density at radius 3 is 2.47 bits per heavy atom. The molecule has 3 heterocycles. The molecule has 7 heteroatoms. The molecule has 2 aromatic carbocycles. The lowest BCUT2D eigenvalue weighted by Gasteiger charge is -2.16. The zero-order chi connectivity index (χ0) is 20.5. The van der Waals surface area contributed by atoms with E-state index in [9.17, 15) is 4.79 Å². The molecule has 152 valence electrons. The number of benzene rings is 2. The maximum atomic E-state index is 13.4. The third-order valence-corrected chi connectivity index (χ3v) is 6.09. The summed E-state index contributed by atoms with van der Waals surface area (Å²) in [6, 6.07) is 15.4. The Bertz CT molecular complexity index is 1180. The number of halogens is 1. The quantitative estimate of drug-likeness (QED) is 0.651. The van der Waals surface area contributed by atoms with Crippen molar-refractivity contribution >= 4 is 17.3 Å². The highest BCUT2D eigenvalue weighted by molar-refractivity contribution is 6.35. The standard InChI is InChI=1S/C23H22ClN5O/c24-18-9-3-1-7-16(18)22-17-8-2-4-10-20(17)29-21(15-25-22)27-26-19(23(29)30)11-14-28-12-5-6-13-28/h1-4,7-10H,5-6,11-15H2. The number of nitrogens with zero attached hydrogens (tertiary/aromatic N) is 5. The van der Waals surface area contributed by atoms with Gasteiger partial charge in [0.25, 0.3) is 5.56 Å². The number of para-hydroxylation sites is 1. The van der Waals surface area contributed by atoms with Crippen LogP contribution in [0.25, 0.3) is 5.69 Å². The molecule has 0 amide bonds. The first-order chi connectivity index (χ1) is 14.7. The number of likely N-dealkylation sites (tertiary alicyclic amines) is 1. The minimum atomic E-state index is -0.109. The van der Waals surface area contributed by atoms with Gasteiger partial charge in [0.15, 0.2) is 5.82 Å². The van der Waals surface area contributed by atoms with Crippen molar-refractivity contribution in [2.24, 2.45) is 4.99 Å². The van der Waals surface area contributed by atoms with Gasteiger partial charge in [-0.25, -0.2) is 0 Å². The lowest BCUT2D eigenvalue weighted by molar-refractivity contribution is 0.341. The predicted molar refractivity (Wildman–Crippen MR) is 118 cm³/mol. The van der Waals surface area contributed by atoms with Crippen molar-refractivity contribution in [3.63, 3.8) is 0 Å². The maximum Gasteiger partial charge on any atom is 0.280 e. The van der Waals surface area contributed by atoms with Crippen LogP contribution in [0.15, 0.2) is 58.3 Å². The van der Waals surface area contributed by atoms with Gasteiger partial charge in [0, 0.05) is 29.1 Å². The summed E-state index contributed by atoms with van der Waals surface area (Å²) < 4.78 is 1.68. The van der Waals surface area contributed by atoms with Gasteiger partial charge >= 0.3 is 0 Å². The molecule has 0 bridgehead atoms. The molecular weight excluding hydrogens is 398 g/mol. The van der Waals surface area contributed by atoms with Crippen LogP contribution >= 0.6 is 11.6 Å². The number of hydrogen-bond acceptors (Lipinski definition) is 5. The molecule has 5 rings (SSSR count). The highest BCUT2D eigenvalue weighted by Gasteiger charge is 2.23. The molecule has 6 nitrogen and oxygen atoms in total. The zero-order valence-corrected chi connectivity index (χ0v) is 17.3. The fourth-order valence-electron chi connectivity index (χ4n) is 4.22. The Morgan fingerprint density at radius 1 is 0.933 bits per heavy atom. The highest BCUT2D eigenvalue weighted by Crippen LogP contribution is 2.26. The van der Waals surface area contributed by atoms with Crippen molar-refractivity contribution in [2.75, 3.05) is 19.6 Å². The smallest absolute Gasteiger partial charge is 0.280 e. The number of fused-ring (bicyclic) bond motifs is 3. The molecule has 3 aromatic rings. The average molecular weight is 420 g/mol. The SMILES string of the molecule is O=c1c(CCN2CCCC2)nnc2n1-c1ccccc1C(c1ccccc1Cl)=NC2. The van der Waals surface area contributed by atoms with Crippen LogP contribution in [-0.4, -0.2) is 45.0 Å². The van der Waals surface area contributed by atoms with Crippen LogP contribution < -0.4 is 5.56 Å². The van der Waals surface area contributed by atoms with Gasteiger partial charge in [-0.15, -0.1) is 10.2 Å². The van der Waals surface area contributed by atoms with E-state index >= 15 is 0 Å². The Kier molecular flexibility index (Phi) is 5.19. The summed E-state index contributed by atoms with van der Waals surface area (Å²) in [7, 11) is 0. The van der Waals surface area contributed by atoms with Gasteiger partial charge in [0.05, 0.1) is 11.4 Å². The fraction of sp³-hybridized carbons (Fsp3) is 0.304. The van der Waals surface area contributed by atoms with Crippen molar-refractivity contribution in [3.8, 4) is 5.69 Å². The summed E-state index contributed by atoms with van der Waals surface area (Å²) in [6.45, 7) is 3.30. The summed E-state index contributed by atoms with van der Waals surface area (Å²) in [5.41, 5.74) is 3.63. The minimum absolute atomic E-state index is 0.109. The number of rotatable bonds is 4. The normalized spacial score (nSPS) is 16.0. The molecule has 0 spiro atoms. The topological polar surface area (TPSA) is 63.4 Å². The van der Waals surface area contributed by atoms with E-state index in [4.69, 9.17) is 16.6 Å². The van der Waals surface area contributed by atoms with Gasteiger partial charge in [-0.1, -0.05) is 48.0 Å². The van der Waals surface area contributed by atoms with E-state index < -0.39 is 0 Å². The second-order valence-electron chi connectivity index (χ2n) is 7.66. The van der Waals surface area contributed by atoms with Gasteiger partial charge in [-0.2, -0.15) is 0 Å². The number of aliphatic imine (C=N–C) groups is 1. The molecule has 0 atom stereocenters. The molecule has 30 heavy (non-hydrogen) atoms. The Labute approximate surface area is 179 Å². The minimum Gasteiger partial charge on any atom is -0.303 e. The monoisotopic (exact) mass is 419 g/mol. The first kappa shape index (κ1) is 19.2. The summed E-state index contributed by atoms with van der Waals surface area (Å²) in [6.07, 6.45) is 3.06. The Morgan fingerprint density at radius 2 is 1.67 bits per heavy atom. The van der Waals surface area contributed by atoms with Crippen LogP contribution in [-0.2, 0) is 13.0 Å². The van der Waals surface area contributed by atoms with Crippen molar-refractivity contribution in [1.29, 1.82) is 0 Å². The van der Waals surface area contributed by atoms with E-state index in [-0.39, 0.29) is 12.1 Å². The third-order valence-electron chi connectivity index (χ3n) is 5.77. The van der Waals surface area contributed by atoms with Crippen molar-refractivity contribution in [2.45, 2.75) is 25.8 Å². The third kappa shape index (κ3) is 3.46. The molecule has 1 aromatic heterocycles. The van der Waals surface area contributed by atoms with Gasteiger partial charge in [0.2, 0.25) is 0 Å². The van der Waals surface area contributed by atoms with E-state index in [2.05, 4.69) is 15.1 Å². The first-order valence-electron chi connectivity index (χ1n) is 10.3. The molecule has 1 saturated heterocycles. The maximum absolute atomic E-state index is 13.4. The van der Waals surface area contributed by atoms with Crippen LogP contribution in [0.2, 0.25) is 5.02 Å². The second kappa shape index (κ2) is 8.13. The van der Waals surface area contributed by atoms with Crippen LogP contribution in [0.4, 0.5) is 0 Å². The second-order valence-corrected chi connectivity index (χ2v) is 8.07. The van der Waals surface area contributed by atoms with Gasteiger partial charge in [0.1, 0.15) is 12.2 Å². The van der Waals surface area contributed by atoms with Gasteiger partial charge in [-0.05, 0) is 38.1 Å². The summed E-state index contributed by atoms with van der Waals surface area (Å²) >= 11 is 6.47. The van der Waals surface area contributed by atoms with Crippen LogP contribution in [0.3, 0.4) is 0 Å². The molecule has 0 radical (unpaired) electrons. The number of aromatic nitrogens is 3. The molecule has 1 fully saturated rings. The fourth-order valence-corrected chi connectivity index (χ4v) is 4.44. The van der Waals surface area contributed by atoms with Crippen molar-refractivity contribution in [3.05, 3.63) is 86.6 Å². The Balaban J connectivity index is 1.59. The molecule has 0 unspecified atom stereocenters. The van der Waals surface area contributed by atoms with Gasteiger partial charge in [-0.3, -0.25) is 14.4 Å². The summed E-state index contributed by atoms with van der Waals surface area (Å²) in [4.78, 5) is 20.6. The van der Waals surface area contributed by atoms with Crippen LogP contribution in [0.1, 0.15) is 35.5 Å². The lowest BCUT2D eigenvalue weighted by atomic mass is 10.0. The van der Waals surface area contributed by atoms with Crippen molar-refractivity contribution in [1.82, 2.24) is 19.7 Å².